The third kappa shape index (κ3) is 4.50. The Bertz CT molecular complexity index is 1540. The van der Waals surface area contributed by atoms with Gasteiger partial charge in [0, 0.05) is 23.4 Å². The number of hydrogen-bond donors (Lipinski definition) is 2. The molecule has 0 fully saturated rings. The van der Waals surface area contributed by atoms with Crippen molar-refractivity contribution < 1.29 is 9.53 Å². The first-order valence-electron chi connectivity index (χ1n) is 11.7. The van der Waals surface area contributed by atoms with Crippen LogP contribution in [-0.2, 0) is 0 Å². The number of carbonyl (C=O) groups is 1. The molecule has 0 bridgehead atoms. The normalized spacial score (nSPS) is 15.2. The number of hydrogen-bond acceptors (Lipinski definition) is 7. The number of ketones is 1. The van der Waals surface area contributed by atoms with Crippen molar-refractivity contribution >= 4 is 29.3 Å². The summed E-state index contributed by atoms with van der Waals surface area (Å²) in [6, 6.07) is 18.8. The van der Waals surface area contributed by atoms with Gasteiger partial charge in [-0.05, 0) is 35.8 Å². The summed E-state index contributed by atoms with van der Waals surface area (Å²) >= 11 is 0. The van der Waals surface area contributed by atoms with Crippen LogP contribution in [0.1, 0.15) is 34.3 Å². The van der Waals surface area contributed by atoms with E-state index in [-0.39, 0.29) is 23.5 Å². The van der Waals surface area contributed by atoms with E-state index in [1.54, 1.807) is 13.3 Å². The summed E-state index contributed by atoms with van der Waals surface area (Å²) in [5, 5.41) is 3.29. The monoisotopic (exact) mass is 488 g/mol. The summed E-state index contributed by atoms with van der Waals surface area (Å²) in [4.78, 5) is 30.4. The molecule has 1 aliphatic rings. The maximum absolute atomic E-state index is 14.3. The van der Waals surface area contributed by atoms with E-state index in [2.05, 4.69) is 25.1 Å². The summed E-state index contributed by atoms with van der Waals surface area (Å²) in [5.41, 5.74) is 10.7. The number of nitrogens with zero attached hydrogens (tertiary/aromatic N) is 4. The minimum atomic E-state index is -0.536. The maximum Gasteiger partial charge on any atom is 0.246 e. The molecule has 2 aromatic carbocycles. The summed E-state index contributed by atoms with van der Waals surface area (Å²) < 4.78 is 5.25. The van der Waals surface area contributed by atoms with Crippen molar-refractivity contribution in [3.63, 3.8) is 0 Å². The molecule has 1 aliphatic carbocycles. The van der Waals surface area contributed by atoms with Gasteiger partial charge in [-0.1, -0.05) is 54.6 Å². The van der Waals surface area contributed by atoms with E-state index in [9.17, 15) is 4.79 Å². The van der Waals surface area contributed by atoms with Crippen molar-refractivity contribution in [2.45, 2.75) is 18.9 Å². The zero-order valence-electron chi connectivity index (χ0n) is 20.3. The zero-order chi connectivity index (χ0) is 25.9. The molecule has 0 saturated carbocycles. The number of Topliss-reactive ketones (excluding diaryl/α,β-unsaturated/α-hetero) is 1. The molecule has 0 amide bonds. The topological polar surface area (TPSA) is 107 Å². The van der Waals surface area contributed by atoms with Crippen LogP contribution in [0.25, 0.3) is 22.2 Å². The molecule has 0 radical (unpaired) electrons. The van der Waals surface area contributed by atoms with Crippen molar-refractivity contribution in [1.29, 1.82) is 0 Å². The number of nitrogens with one attached hydrogen (secondary N) is 1. The number of aromatic nitrogens is 3. The minimum absolute atomic E-state index is 0.0202. The van der Waals surface area contributed by atoms with Crippen molar-refractivity contribution in [1.82, 2.24) is 15.0 Å². The van der Waals surface area contributed by atoms with E-state index in [4.69, 9.17) is 17.0 Å². The quantitative estimate of drug-likeness (QED) is 0.343. The van der Waals surface area contributed by atoms with E-state index >= 15 is 0 Å². The predicted octanol–water partition coefficient (Wildman–Crippen LogP) is 5.54. The van der Waals surface area contributed by atoms with Crippen molar-refractivity contribution in [3.05, 3.63) is 107 Å². The minimum Gasteiger partial charge on any atom is -0.495 e. The molecule has 1 unspecified atom stereocenters. The molecular formula is C29H24N6O2. The summed E-state index contributed by atoms with van der Waals surface area (Å²) in [6.07, 6.45) is 5.08. The highest BCUT2D eigenvalue weighted by Gasteiger charge is 2.35. The highest BCUT2D eigenvalue weighted by molar-refractivity contribution is 6.13. The molecule has 0 spiro atoms. The fraction of sp³-hybridized carbons (Fsp3) is 0.138. The Kier molecular flexibility index (Phi) is 6.35. The lowest BCUT2D eigenvalue weighted by Gasteiger charge is -2.31. The first kappa shape index (κ1) is 23.7. The molecule has 0 aliphatic heterocycles. The summed E-state index contributed by atoms with van der Waals surface area (Å²) in [7, 11) is 1.59. The van der Waals surface area contributed by atoms with Crippen LogP contribution in [0.3, 0.4) is 0 Å². The second-order valence-corrected chi connectivity index (χ2v) is 8.65. The lowest BCUT2D eigenvalue weighted by Crippen LogP contribution is -2.30. The number of methoxy groups -OCH3 is 1. The Balaban J connectivity index is 1.63. The van der Waals surface area contributed by atoms with Crippen molar-refractivity contribution in [3.8, 4) is 17.0 Å². The van der Waals surface area contributed by atoms with Gasteiger partial charge in [0.1, 0.15) is 11.6 Å². The summed E-state index contributed by atoms with van der Waals surface area (Å²) in [5.74, 6) is 0.488. The van der Waals surface area contributed by atoms with Gasteiger partial charge in [-0.3, -0.25) is 9.78 Å². The number of nitrogens with two attached hydrogens (primary N) is 1. The van der Waals surface area contributed by atoms with Crippen LogP contribution >= 0.6 is 0 Å². The Morgan fingerprint density at radius 2 is 1.86 bits per heavy atom. The number of fused-ring (bicyclic) bond motifs is 1. The second-order valence-electron chi connectivity index (χ2n) is 8.65. The van der Waals surface area contributed by atoms with Gasteiger partial charge in [-0.15, -0.1) is 0 Å². The molecule has 8 heteroatoms. The molecule has 2 aromatic heterocycles. The average Bonchev–Trinajstić information content (AvgIpc) is 2.93. The number of ether oxygens (including phenoxy) is 1. The van der Waals surface area contributed by atoms with Gasteiger partial charge >= 0.3 is 0 Å². The van der Waals surface area contributed by atoms with Gasteiger partial charge in [-0.2, -0.15) is 0 Å². The average molecular weight is 489 g/mol. The van der Waals surface area contributed by atoms with Gasteiger partial charge in [0.05, 0.1) is 31.5 Å². The Morgan fingerprint density at radius 1 is 1.05 bits per heavy atom. The molecule has 8 nitrogen and oxygen atoms in total. The lowest BCUT2D eigenvalue weighted by atomic mass is 9.74. The van der Waals surface area contributed by atoms with E-state index in [0.717, 1.165) is 22.3 Å². The molecule has 182 valence electrons. The molecule has 4 aromatic rings. The van der Waals surface area contributed by atoms with Crippen LogP contribution in [0.15, 0.2) is 78.6 Å². The number of anilines is 2. The van der Waals surface area contributed by atoms with Gasteiger partial charge in [0.25, 0.3) is 0 Å². The third-order valence-corrected chi connectivity index (χ3v) is 6.40. The first-order valence-corrected chi connectivity index (χ1v) is 11.7. The third-order valence-electron chi connectivity index (χ3n) is 6.40. The molecule has 2 heterocycles. The van der Waals surface area contributed by atoms with Crippen LogP contribution in [0.5, 0.6) is 5.75 Å². The van der Waals surface area contributed by atoms with Crippen molar-refractivity contribution in [2.75, 3.05) is 18.2 Å². The van der Waals surface area contributed by atoms with Crippen LogP contribution in [0.2, 0.25) is 0 Å². The van der Waals surface area contributed by atoms with Crippen LogP contribution in [-0.4, -0.2) is 33.9 Å². The number of benzene rings is 2. The van der Waals surface area contributed by atoms with E-state index in [0.29, 0.717) is 22.8 Å². The summed E-state index contributed by atoms with van der Waals surface area (Å²) in [6.45, 7) is 9.40. The fourth-order valence-electron chi connectivity index (χ4n) is 4.63. The second kappa shape index (κ2) is 9.91. The van der Waals surface area contributed by atoms with Crippen molar-refractivity contribution in [2.24, 2.45) is 0 Å². The standard InChI is InChI=1S/C29H24N6O2/c1-17(34-28-24(31-2)16-33-29(30)35-28)22-14-19-10-7-11-21(23-13-12-20(37-3)15-32-23)26(19)27(36)25(22)18-8-5-4-6-9-18/h4-17,25H,1,3H3,(H3,30,33,34,35)/t17-,25?/m0/s1. The highest BCUT2D eigenvalue weighted by atomic mass is 16.5. The first-order chi connectivity index (χ1) is 18.0. The smallest absolute Gasteiger partial charge is 0.246 e. The van der Waals surface area contributed by atoms with Gasteiger partial charge in [-0.25, -0.2) is 14.8 Å². The van der Waals surface area contributed by atoms with Crippen LogP contribution < -0.4 is 15.8 Å². The zero-order valence-corrected chi connectivity index (χ0v) is 20.3. The molecule has 5 rings (SSSR count). The van der Waals surface area contributed by atoms with Crippen LogP contribution in [0, 0.1) is 6.57 Å². The molecular weight excluding hydrogens is 464 g/mol. The van der Waals surface area contributed by atoms with E-state index < -0.39 is 5.92 Å². The lowest BCUT2D eigenvalue weighted by molar-refractivity contribution is 0.0970. The van der Waals surface area contributed by atoms with Gasteiger partial charge < -0.3 is 15.8 Å². The largest absolute Gasteiger partial charge is 0.495 e. The predicted molar refractivity (Wildman–Crippen MR) is 144 cm³/mol. The molecule has 37 heavy (non-hydrogen) atoms. The van der Waals surface area contributed by atoms with Gasteiger partial charge in [0.15, 0.2) is 5.78 Å². The number of carbonyl (C=O) groups excluding carboxylic acids is 1. The molecule has 0 saturated heterocycles. The Labute approximate surface area is 214 Å². The van der Waals surface area contributed by atoms with E-state index in [1.807, 2.05) is 73.7 Å². The SMILES string of the molecule is [C-]#[N+]c1cnc(N)nc1N[C@@H](C)C1=Cc2cccc(-c3ccc(OC)cn3)c2C(=O)C1c1ccccc1. The number of rotatable bonds is 6. The Morgan fingerprint density at radius 3 is 2.57 bits per heavy atom. The number of pyridine rings is 1. The van der Waals surface area contributed by atoms with Crippen LogP contribution in [0.4, 0.5) is 17.5 Å². The Hall–Kier alpha value is -5.03. The molecule has 3 N–H and O–H groups in total. The maximum atomic E-state index is 14.3. The van der Waals surface area contributed by atoms with Gasteiger partial charge in [0.2, 0.25) is 11.6 Å². The molecule has 2 atom stereocenters. The fourth-order valence-corrected chi connectivity index (χ4v) is 4.63. The van der Waals surface area contributed by atoms with E-state index in [1.165, 1.54) is 6.20 Å². The number of nitrogen functional groups attached to an aromatic ring is 1. The highest BCUT2D eigenvalue weighted by Crippen LogP contribution is 2.41.